The average Bonchev–Trinajstić information content (AvgIpc) is 3.10. The molecule has 164 valence electrons. The maximum Gasteiger partial charge on any atom is 0.273 e. The number of nitrogens with zero attached hydrogens (tertiary/aromatic N) is 4. The summed E-state index contributed by atoms with van der Waals surface area (Å²) in [5.41, 5.74) is 0.794. The minimum absolute atomic E-state index is 0.0958. The quantitative estimate of drug-likeness (QED) is 0.391. The summed E-state index contributed by atoms with van der Waals surface area (Å²) in [5.74, 6) is -0.440. The number of carbonyl (C=O) groups excluding carboxylic acids is 1. The van der Waals surface area contributed by atoms with Crippen LogP contribution in [0.2, 0.25) is 0 Å². The lowest BCUT2D eigenvalue weighted by Crippen LogP contribution is -2.36. The van der Waals surface area contributed by atoms with E-state index in [1.807, 2.05) is 19.0 Å². The van der Waals surface area contributed by atoms with Crippen molar-refractivity contribution in [3.05, 3.63) is 57.6 Å². The zero-order chi connectivity index (χ0) is 22.9. The van der Waals surface area contributed by atoms with Crippen LogP contribution >= 0.6 is 11.3 Å². The van der Waals surface area contributed by atoms with Crippen molar-refractivity contribution in [2.45, 2.75) is 11.8 Å². The van der Waals surface area contributed by atoms with Gasteiger partial charge in [-0.2, -0.15) is 0 Å². The van der Waals surface area contributed by atoms with Crippen molar-refractivity contribution >= 4 is 48.1 Å². The molecule has 0 spiro atoms. The van der Waals surface area contributed by atoms with E-state index in [0.29, 0.717) is 27.5 Å². The number of hydrogen-bond acceptors (Lipinski definition) is 8. The van der Waals surface area contributed by atoms with E-state index in [0.717, 1.165) is 6.26 Å². The van der Waals surface area contributed by atoms with Crippen LogP contribution in [0.5, 0.6) is 0 Å². The van der Waals surface area contributed by atoms with E-state index in [4.69, 9.17) is 0 Å². The van der Waals surface area contributed by atoms with Gasteiger partial charge in [-0.3, -0.25) is 19.8 Å². The maximum atomic E-state index is 13.3. The third-order valence-electron chi connectivity index (χ3n) is 4.67. The van der Waals surface area contributed by atoms with Crippen molar-refractivity contribution in [1.29, 1.82) is 0 Å². The van der Waals surface area contributed by atoms with Gasteiger partial charge in [-0.25, -0.2) is 13.4 Å². The number of aryl methyl sites for hydroxylation is 1. The molecule has 11 heteroatoms. The third-order valence-corrected chi connectivity index (χ3v) is 6.84. The normalized spacial score (nSPS) is 11.8. The van der Waals surface area contributed by atoms with Gasteiger partial charge in [0.1, 0.15) is 5.52 Å². The second kappa shape index (κ2) is 8.69. The Balaban J connectivity index is 2.11. The van der Waals surface area contributed by atoms with Crippen molar-refractivity contribution in [3.63, 3.8) is 0 Å². The first kappa shape index (κ1) is 22.8. The summed E-state index contributed by atoms with van der Waals surface area (Å²) >= 11 is 1.20. The standard InChI is InChI=1S/C20H22N4O5S2/c1-13-8-9-14(12-15(13)24(26)27)19(25)23(11-10-22(2)3)20-21-18-16(30-20)6-5-7-17(18)31(4,28)29/h5-9,12H,10-11H2,1-4H3. The number of anilines is 1. The van der Waals surface area contributed by atoms with Crippen LogP contribution in [-0.2, 0) is 9.84 Å². The molecule has 1 heterocycles. The largest absolute Gasteiger partial charge is 0.308 e. The molecule has 0 saturated carbocycles. The van der Waals surface area contributed by atoms with Crippen LogP contribution in [-0.4, -0.2) is 62.6 Å². The van der Waals surface area contributed by atoms with Gasteiger partial charge in [0.05, 0.1) is 14.5 Å². The topological polar surface area (TPSA) is 114 Å². The minimum atomic E-state index is -3.50. The molecule has 0 aliphatic carbocycles. The number of thiazole rings is 1. The second-order valence-electron chi connectivity index (χ2n) is 7.39. The Bertz CT molecular complexity index is 1270. The van der Waals surface area contributed by atoms with Gasteiger partial charge >= 0.3 is 0 Å². The Hall–Kier alpha value is -2.89. The van der Waals surface area contributed by atoms with E-state index >= 15 is 0 Å². The number of hydrogen-bond donors (Lipinski definition) is 0. The molecule has 0 bridgehead atoms. The SMILES string of the molecule is Cc1ccc(C(=O)N(CCN(C)C)c2nc3c(S(C)(=O)=O)cccc3s2)cc1[N+](=O)[O-]. The summed E-state index contributed by atoms with van der Waals surface area (Å²) in [6.45, 7) is 2.41. The van der Waals surface area contributed by atoms with E-state index in [-0.39, 0.29) is 22.7 Å². The monoisotopic (exact) mass is 462 g/mol. The maximum absolute atomic E-state index is 13.3. The molecule has 0 aliphatic rings. The number of benzene rings is 2. The summed E-state index contributed by atoms with van der Waals surface area (Å²) in [5, 5.41) is 11.6. The van der Waals surface area contributed by atoms with Gasteiger partial charge in [-0.1, -0.05) is 23.5 Å². The Morgan fingerprint density at radius 1 is 1.19 bits per heavy atom. The van der Waals surface area contributed by atoms with Gasteiger partial charge in [0.15, 0.2) is 15.0 Å². The Morgan fingerprint density at radius 2 is 1.90 bits per heavy atom. The van der Waals surface area contributed by atoms with Crippen LogP contribution in [0.1, 0.15) is 15.9 Å². The van der Waals surface area contributed by atoms with E-state index < -0.39 is 20.7 Å². The fourth-order valence-electron chi connectivity index (χ4n) is 3.01. The predicted octanol–water partition coefficient (Wildman–Crippen LogP) is 3.12. The molecule has 0 N–H and O–H groups in total. The second-order valence-corrected chi connectivity index (χ2v) is 10.4. The zero-order valence-electron chi connectivity index (χ0n) is 17.5. The summed E-state index contributed by atoms with van der Waals surface area (Å²) in [7, 11) is 0.219. The Morgan fingerprint density at radius 3 is 2.52 bits per heavy atom. The van der Waals surface area contributed by atoms with Crippen LogP contribution in [0, 0.1) is 17.0 Å². The Kier molecular flexibility index (Phi) is 6.39. The molecular weight excluding hydrogens is 440 g/mol. The molecule has 0 unspecified atom stereocenters. The average molecular weight is 463 g/mol. The molecule has 1 aromatic heterocycles. The van der Waals surface area contributed by atoms with E-state index in [9.17, 15) is 23.3 Å². The number of carbonyl (C=O) groups is 1. The summed E-state index contributed by atoms with van der Waals surface area (Å²) in [6, 6.07) is 9.21. The van der Waals surface area contributed by atoms with Gasteiger partial charge in [-0.05, 0) is 39.2 Å². The van der Waals surface area contributed by atoms with Crippen molar-refractivity contribution in [1.82, 2.24) is 9.88 Å². The highest BCUT2D eigenvalue weighted by Gasteiger charge is 2.25. The van der Waals surface area contributed by atoms with E-state index in [2.05, 4.69) is 4.98 Å². The first-order valence-electron chi connectivity index (χ1n) is 9.30. The molecular formula is C20H22N4O5S2. The summed E-state index contributed by atoms with van der Waals surface area (Å²) in [6.07, 6.45) is 1.11. The number of amides is 1. The fourth-order valence-corrected chi connectivity index (χ4v) is 4.92. The lowest BCUT2D eigenvalue weighted by molar-refractivity contribution is -0.385. The molecule has 9 nitrogen and oxygen atoms in total. The van der Waals surface area contributed by atoms with Gasteiger partial charge in [0.25, 0.3) is 11.6 Å². The number of sulfone groups is 1. The first-order chi connectivity index (χ1) is 14.5. The van der Waals surface area contributed by atoms with Crippen LogP contribution in [0.15, 0.2) is 41.3 Å². The third kappa shape index (κ3) is 4.89. The number of fused-ring (bicyclic) bond motifs is 1. The number of likely N-dealkylation sites (N-methyl/N-ethyl adjacent to an activating group) is 1. The van der Waals surface area contributed by atoms with Gasteiger partial charge in [-0.15, -0.1) is 0 Å². The number of nitro benzene ring substituents is 1. The van der Waals surface area contributed by atoms with Crippen LogP contribution < -0.4 is 4.90 Å². The smallest absolute Gasteiger partial charge is 0.273 e. The highest BCUT2D eigenvalue weighted by Crippen LogP contribution is 2.33. The minimum Gasteiger partial charge on any atom is -0.308 e. The molecule has 3 rings (SSSR count). The molecule has 0 radical (unpaired) electrons. The van der Waals surface area contributed by atoms with Crippen LogP contribution in [0.3, 0.4) is 0 Å². The molecule has 1 amide bonds. The van der Waals surface area contributed by atoms with Gasteiger partial charge < -0.3 is 4.90 Å². The number of nitro groups is 1. The van der Waals surface area contributed by atoms with Crippen LogP contribution in [0.4, 0.5) is 10.8 Å². The predicted molar refractivity (Wildman–Crippen MR) is 121 cm³/mol. The molecule has 0 aliphatic heterocycles. The van der Waals surface area contributed by atoms with Crippen molar-refractivity contribution < 1.29 is 18.1 Å². The number of aromatic nitrogens is 1. The number of rotatable bonds is 7. The van der Waals surface area contributed by atoms with Gasteiger partial charge in [0.2, 0.25) is 0 Å². The highest BCUT2D eigenvalue weighted by atomic mass is 32.2. The van der Waals surface area contributed by atoms with Crippen LogP contribution in [0.25, 0.3) is 10.2 Å². The van der Waals surface area contributed by atoms with Crippen molar-refractivity contribution in [3.8, 4) is 0 Å². The highest BCUT2D eigenvalue weighted by molar-refractivity contribution is 7.91. The van der Waals surface area contributed by atoms with E-state index in [1.54, 1.807) is 25.1 Å². The van der Waals surface area contributed by atoms with Gasteiger partial charge in [0, 0.05) is 36.5 Å². The fraction of sp³-hybridized carbons (Fsp3) is 0.300. The molecule has 0 atom stereocenters. The molecule has 2 aromatic carbocycles. The summed E-state index contributed by atoms with van der Waals surface area (Å²) < 4.78 is 24.9. The lowest BCUT2D eigenvalue weighted by atomic mass is 10.1. The molecule has 31 heavy (non-hydrogen) atoms. The lowest BCUT2D eigenvalue weighted by Gasteiger charge is -2.22. The molecule has 0 fully saturated rings. The summed E-state index contributed by atoms with van der Waals surface area (Å²) in [4.78, 5) is 32.0. The van der Waals surface area contributed by atoms with E-state index in [1.165, 1.54) is 34.4 Å². The molecule has 0 saturated heterocycles. The number of para-hydroxylation sites is 1. The first-order valence-corrected chi connectivity index (χ1v) is 12.0. The van der Waals surface area contributed by atoms with Crippen molar-refractivity contribution in [2.24, 2.45) is 0 Å². The zero-order valence-corrected chi connectivity index (χ0v) is 19.2. The Labute approximate surface area is 184 Å². The van der Waals surface area contributed by atoms with Crippen molar-refractivity contribution in [2.75, 3.05) is 38.3 Å². The molecule has 3 aromatic rings.